The minimum absolute atomic E-state index is 0.0151. The molecule has 0 spiro atoms. The van der Waals surface area contributed by atoms with E-state index < -0.39 is 0 Å². The Morgan fingerprint density at radius 2 is 1.94 bits per heavy atom. The summed E-state index contributed by atoms with van der Waals surface area (Å²) in [5, 5.41) is 0. The smallest absolute Gasteiger partial charge is 0.0830 e. The summed E-state index contributed by atoms with van der Waals surface area (Å²) < 4.78 is 6.27. The second kappa shape index (κ2) is 3.94. The summed E-state index contributed by atoms with van der Waals surface area (Å²) in [5.41, 5.74) is 5.97. The van der Waals surface area contributed by atoms with E-state index in [2.05, 4.69) is 39.5 Å². The Bertz CT molecular complexity index is 301. The van der Waals surface area contributed by atoms with Gasteiger partial charge >= 0.3 is 0 Å². The zero-order valence-electron chi connectivity index (χ0n) is 12.0. The number of nitrogens with zero attached hydrogens (tertiary/aromatic N) is 1. The van der Waals surface area contributed by atoms with Gasteiger partial charge in [-0.05, 0) is 53.0 Å². The maximum atomic E-state index is 6.27. The Balaban J connectivity index is 2.30. The van der Waals surface area contributed by atoms with Gasteiger partial charge in [-0.25, -0.2) is 0 Å². The fourth-order valence-corrected chi connectivity index (χ4v) is 4.00. The molecule has 2 rings (SSSR count). The molecule has 3 heteroatoms. The largest absolute Gasteiger partial charge is 0.368 e. The number of ether oxygens (including phenoxy) is 1. The fraction of sp³-hybridized carbons (Fsp3) is 1.00. The van der Waals surface area contributed by atoms with Crippen LogP contribution < -0.4 is 5.73 Å². The SMILES string of the molecule is CC1CCN(C2(CN)CC(C)(C)OC2(C)C)C1. The average Bonchev–Trinajstić information content (AvgIpc) is 2.65. The summed E-state index contributed by atoms with van der Waals surface area (Å²) >= 11 is 0. The molecule has 0 saturated carbocycles. The maximum absolute atomic E-state index is 6.27. The van der Waals surface area contributed by atoms with Crippen molar-refractivity contribution in [3.8, 4) is 0 Å². The van der Waals surface area contributed by atoms with E-state index in [1.54, 1.807) is 0 Å². The Morgan fingerprint density at radius 1 is 1.29 bits per heavy atom. The molecule has 2 fully saturated rings. The van der Waals surface area contributed by atoms with Crippen molar-refractivity contribution in [2.24, 2.45) is 11.7 Å². The van der Waals surface area contributed by atoms with Crippen molar-refractivity contribution >= 4 is 0 Å². The van der Waals surface area contributed by atoms with Crippen LogP contribution in [0.2, 0.25) is 0 Å². The quantitative estimate of drug-likeness (QED) is 0.802. The third-order valence-corrected chi connectivity index (χ3v) is 4.74. The molecule has 0 aromatic heterocycles. The maximum Gasteiger partial charge on any atom is 0.0830 e. The van der Waals surface area contributed by atoms with Crippen LogP contribution in [0.5, 0.6) is 0 Å². The highest BCUT2D eigenvalue weighted by molar-refractivity contribution is 5.14. The zero-order chi connectivity index (χ0) is 12.9. The third-order valence-electron chi connectivity index (χ3n) is 4.74. The van der Waals surface area contributed by atoms with Gasteiger partial charge in [0.25, 0.3) is 0 Å². The lowest BCUT2D eigenvalue weighted by molar-refractivity contribution is -0.101. The predicted octanol–water partition coefficient (Wildman–Crippen LogP) is 2.00. The number of rotatable bonds is 2. The van der Waals surface area contributed by atoms with Gasteiger partial charge in [0.15, 0.2) is 0 Å². The first-order valence-electron chi connectivity index (χ1n) is 6.88. The van der Waals surface area contributed by atoms with Crippen molar-refractivity contribution < 1.29 is 4.74 Å². The van der Waals surface area contributed by atoms with Crippen LogP contribution in [-0.2, 0) is 4.74 Å². The van der Waals surface area contributed by atoms with E-state index in [0.717, 1.165) is 12.3 Å². The molecular formula is C14H28N2O. The summed E-state index contributed by atoms with van der Waals surface area (Å²) in [6.45, 7) is 14.1. The van der Waals surface area contributed by atoms with Gasteiger partial charge < -0.3 is 10.5 Å². The summed E-state index contributed by atoms with van der Waals surface area (Å²) in [6, 6.07) is 0. The van der Waals surface area contributed by atoms with E-state index in [4.69, 9.17) is 10.5 Å². The molecule has 0 radical (unpaired) electrons. The standard InChI is InChI=1S/C14H28N2O/c1-11-6-7-16(8-11)14(10-15)9-12(2,3)17-13(14,4)5/h11H,6-10,15H2,1-5H3. The molecule has 2 atom stereocenters. The molecule has 0 amide bonds. The number of nitrogens with two attached hydrogens (primary N) is 1. The van der Waals surface area contributed by atoms with Crippen LogP contribution in [0.1, 0.15) is 47.5 Å². The molecule has 0 aliphatic carbocycles. The van der Waals surface area contributed by atoms with E-state index in [9.17, 15) is 0 Å². The van der Waals surface area contributed by atoms with E-state index in [0.29, 0.717) is 6.54 Å². The molecule has 100 valence electrons. The van der Waals surface area contributed by atoms with Gasteiger partial charge in [0.1, 0.15) is 0 Å². The molecule has 0 bridgehead atoms. The van der Waals surface area contributed by atoms with Crippen LogP contribution in [0.25, 0.3) is 0 Å². The van der Waals surface area contributed by atoms with Crippen LogP contribution in [0.4, 0.5) is 0 Å². The van der Waals surface area contributed by atoms with Crippen molar-refractivity contribution in [1.82, 2.24) is 4.90 Å². The van der Waals surface area contributed by atoms with Crippen molar-refractivity contribution in [2.45, 2.75) is 64.2 Å². The van der Waals surface area contributed by atoms with Crippen LogP contribution in [0, 0.1) is 5.92 Å². The molecule has 0 aromatic carbocycles. The highest BCUT2D eigenvalue weighted by Gasteiger charge is 2.59. The van der Waals surface area contributed by atoms with E-state index >= 15 is 0 Å². The Kier molecular flexibility index (Phi) is 3.08. The Morgan fingerprint density at radius 3 is 2.29 bits per heavy atom. The van der Waals surface area contributed by atoms with Gasteiger partial charge in [0.2, 0.25) is 0 Å². The summed E-state index contributed by atoms with van der Waals surface area (Å²) in [5.74, 6) is 0.790. The Labute approximate surface area is 106 Å². The lowest BCUT2D eigenvalue weighted by Crippen LogP contribution is -2.62. The first-order chi connectivity index (χ1) is 7.72. The number of hydrogen-bond acceptors (Lipinski definition) is 3. The molecule has 17 heavy (non-hydrogen) atoms. The van der Waals surface area contributed by atoms with Gasteiger partial charge in [-0.2, -0.15) is 0 Å². The Hall–Kier alpha value is -0.120. The van der Waals surface area contributed by atoms with E-state index in [-0.39, 0.29) is 16.7 Å². The predicted molar refractivity (Wildman–Crippen MR) is 71.0 cm³/mol. The molecule has 2 unspecified atom stereocenters. The van der Waals surface area contributed by atoms with E-state index in [1.807, 2.05) is 0 Å². The van der Waals surface area contributed by atoms with Crippen molar-refractivity contribution in [2.75, 3.05) is 19.6 Å². The minimum Gasteiger partial charge on any atom is -0.368 e. The molecule has 2 heterocycles. The number of likely N-dealkylation sites (tertiary alicyclic amines) is 1. The molecular weight excluding hydrogens is 212 g/mol. The summed E-state index contributed by atoms with van der Waals surface area (Å²) in [6.07, 6.45) is 2.33. The molecule has 2 N–H and O–H groups in total. The minimum atomic E-state index is -0.157. The van der Waals surface area contributed by atoms with Crippen molar-refractivity contribution in [3.05, 3.63) is 0 Å². The second-order valence-corrected chi connectivity index (χ2v) is 7.12. The lowest BCUT2D eigenvalue weighted by atomic mass is 9.77. The van der Waals surface area contributed by atoms with Gasteiger partial charge in [0, 0.05) is 13.1 Å². The van der Waals surface area contributed by atoms with Crippen LogP contribution >= 0.6 is 0 Å². The van der Waals surface area contributed by atoms with Crippen LogP contribution in [0.3, 0.4) is 0 Å². The van der Waals surface area contributed by atoms with E-state index in [1.165, 1.54) is 19.5 Å². The summed E-state index contributed by atoms with van der Waals surface area (Å²) in [4.78, 5) is 2.59. The monoisotopic (exact) mass is 240 g/mol. The second-order valence-electron chi connectivity index (χ2n) is 7.12. The first-order valence-corrected chi connectivity index (χ1v) is 6.88. The average molecular weight is 240 g/mol. The number of hydrogen-bond donors (Lipinski definition) is 1. The fourth-order valence-electron chi connectivity index (χ4n) is 4.00. The first kappa shape index (κ1) is 13.3. The molecule has 2 aliphatic rings. The van der Waals surface area contributed by atoms with Crippen molar-refractivity contribution in [3.63, 3.8) is 0 Å². The topological polar surface area (TPSA) is 38.5 Å². The van der Waals surface area contributed by atoms with Gasteiger partial charge in [-0.15, -0.1) is 0 Å². The lowest BCUT2D eigenvalue weighted by Gasteiger charge is -2.46. The van der Waals surface area contributed by atoms with Crippen molar-refractivity contribution in [1.29, 1.82) is 0 Å². The third kappa shape index (κ3) is 2.02. The van der Waals surface area contributed by atoms with Gasteiger partial charge in [-0.3, -0.25) is 4.90 Å². The van der Waals surface area contributed by atoms with Gasteiger partial charge in [-0.1, -0.05) is 6.92 Å². The molecule has 0 aromatic rings. The van der Waals surface area contributed by atoms with Crippen LogP contribution in [0.15, 0.2) is 0 Å². The molecule has 2 saturated heterocycles. The van der Waals surface area contributed by atoms with Crippen LogP contribution in [-0.4, -0.2) is 41.3 Å². The molecule has 3 nitrogen and oxygen atoms in total. The highest BCUT2D eigenvalue weighted by Crippen LogP contribution is 2.49. The highest BCUT2D eigenvalue weighted by atomic mass is 16.5. The zero-order valence-corrected chi connectivity index (χ0v) is 12.0. The normalized spacial score (nSPS) is 40.9. The summed E-state index contributed by atoms with van der Waals surface area (Å²) in [7, 11) is 0. The van der Waals surface area contributed by atoms with Gasteiger partial charge in [0.05, 0.1) is 16.7 Å². The molecule has 2 aliphatic heterocycles.